The number of rotatable bonds is 1. The number of hydrogen-bond acceptors (Lipinski definition) is 1. The van der Waals surface area contributed by atoms with Gasteiger partial charge in [-0.05, 0) is 50.7 Å². The maximum Gasteiger partial charge on any atom is 0.155 e. The van der Waals surface area contributed by atoms with Crippen molar-refractivity contribution in [3.05, 3.63) is 35.0 Å². The van der Waals surface area contributed by atoms with Crippen LogP contribution >= 0.6 is 45.2 Å². The highest BCUT2D eigenvalue weighted by Gasteiger charge is 2.21. The van der Waals surface area contributed by atoms with E-state index in [-0.39, 0.29) is 0 Å². The standard InChI is InChI=1S/C6F3I2N3/c7-1-4(10)2(8)6(13-14-12)3(9)5(1)11. The molecule has 0 aliphatic heterocycles. The molecule has 0 unspecified atom stereocenters. The van der Waals surface area contributed by atoms with Gasteiger partial charge in [0, 0.05) is 4.91 Å². The molecule has 0 N–H and O–H groups in total. The summed E-state index contributed by atoms with van der Waals surface area (Å²) in [6, 6.07) is 0. The second-order valence-electron chi connectivity index (χ2n) is 2.11. The SMILES string of the molecule is [N-]=[N+]=Nc1c(F)c(I)c(F)c(I)c1F. The van der Waals surface area contributed by atoms with Crippen LogP contribution in [0.2, 0.25) is 0 Å². The largest absolute Gasteiger partial charge is 0.205 e. The lowest BCUT2D eigenvalue weighted by Crippen LogP contribution is -1.98. The van der Waals surface area contributed by atoms with Crippen molar-refractivity contribution < 1.29 is 13.2 Å². The monoisotopic (exact) mass is 425 g/mol. The number of benzene rings is 1. The van der Waals surface area contributed by atoms with E-state index in [0.717, 1.165) is 0 Å². The third-order valence-electron chi connectivity index (χ3n) is 1.33. The predicted molar refractivity (Wildman–Crippen MR) is 60.6 cm³/mol. The molecule has 1 aromatic carbocycles. The Bertz CT molecular complexity index is 413. The summed E-state index contributed by atoms with van der Waals surface area (Å²) in [5, 5.41) is 2.82. The lowest BCUT2D eigenvalue weighted by molar-refractivity contribution is 0.527. The maximum absolute atomic E-state index is 13.1. The average Bonchev–Trinajstić information content (AvgIpc) is 2.19. The normalized spacial score (nSPS) is 9.79. The highest BCUT2D eigenvalue weighted by Crippen LogP contribution is 2.32. The molecule has 1 rings (SSSR count). The van der Waals surface area contributed by atoms with E-state index in [1.807, 2.05) is 0 Å². The molecule has 0 aliphatic carbocycles. The highest BCUT2D eigenvalue weighted by atomic mass is 127. The van der Waals surface area contributed by atoms with Crippen molar-refractivity contribution in [1.29, 1.82) is 0 Å². The van der Waals surface area contributed by atoms with Gasteiger partial charge in [-0.3, -0.25) is 0 Å². The average molecular weight is 425 g/mol. The number of nitrogens with zero attached hydrogens (tertiary/aromatic N) is 3. The van der Waals surface area contributed by atoms with Gasteiger partial charge in [-0.1, -0.05) is 5.11 Å². The first kappa shape index (κ1) is 11.9. The van der Waals surface area contributed by atoms with Gasteiger partial charge in [-0.15, -0.1) is 0 Å². The van der Waals surface area contributed by atoms with Crippen LogP contribution in [0.25, 0.3) is 10.4 Å². The Morgan fingerprint density at radius 2 is 1.43 bits per heavy atom. The van der Waals surface area contributed by atoms with E-state index >= 15 is 0 Å². The maximum atomic E-state index is 13.1. The van der Waals surface area contributed by atoms with Crippen LogP contribution in [0.1, 0.15) is 0 Å². The summed E-state index contributed by atoms with van der Waals surface area (Å²) in [7, 11) is 0. The van der Waals surface area contributed by atoms with E-state index in [4.69, 9.17) is 5.53 Å². The van der Waals surface area contributed by atoms with Crippen molar-refractivity contribution in [3.8, 4) is 0 Å². The van der Waals surface area contributed by atoms with Crippen LogP contribution < -0.4 is 0 Å². The van der Waals surface area contributed by atoms with Crippen molar-refractivity contribution in [2.45, 2.75) is 0 Å². The van der Waals surface area contributed by atoms with Crippen LogP contribution in [0, 0.1) is 24.6 Å². The van der Waals surface area contributed by atoms with Crippen LogP contribution in [0.4, 0.5) is 18.9 Å². The van der Waals surface area contributed by atoms with E-state index in [9.17, 15) is 13.2 Å². The Labute approximate surface area is 104 Å². The van der Waals surface area contributed by atoms with Crippen molar-refractivity contribution in [2.24, 2.45) is 5.11 Å². The van der Waals surface area contributed by atoms with Gasteiger partial charge in [-0.25, -0.2) is 13.2 Å². The lowest BCUT2D eigenvalue weighted by atomic mass is 10.3. The minimum Gasteiger partial charge on any atom is -0.205 e. The van der Waals surface area contributed by atoms with E-state index in [0.29, 0.717) is 0 Å². The topological polar surface area (TPSA) is 48.8 Å². The van der Waals surface area contributed by atoms with Crippen LogP contribution in [0.5, 0.6) is 0 Å². The lowest BCUT2D eigenvalue weighted by Gasteiger charge is -2.04. The van der Waals surface area contributed by atoms with Gasteiger partial charge in [0.2, 0.25) is 0 Å². The fourth-order valence-corrected chi connectivity index (χ4v) is 2.29. The molecular weight excluding hydrogens is 425 g/mol. The van der Waals surface area contributed by atoms with Gasteiger partial charge in [0.25, 0.3) is 0 Å². The molecule has 0 amide bonds. The second-order valence-corrected chi connectivity index (χ2v) is 4.27. The summed E-state index contributed by atoms with van der Waals surface area (Å²) in [5.74, 6) is -3.35. The summed E-state index contributed by atoms with van der Waals surface area (Å²) < 4.78 is 38.5. The van der Waals surface area contributed by atoms with Gasteiger partial charge in [0.1, 0.15) is 5.69 Å². The number of hydrogen-bond donors (Lipinski definition) is 0. The van der Waals surface area contributed by atoms with Crippen LogP contribution in [-0.2, 0) is 0 Å². The van der Waals surface area contributed by atoms with Crippen molar-refractivity contribution in [1.82, 2.24) is 0 Å². The molecule has 0 saturated carbocycles. The van der Waals surface area contributed by atoms with Gasteiger partial charge < -0.3 is 0 Å². The fraction of sp³-hybridized carbons (Fsp3) is 0. The van der Waals surface area contributed by atoms with Crippen LogP contribution in [-0.4, -0.2) is 0 Å². The molecular formula is C6F3I2N3. The molecule has 0 atom stereocenters. The van der Waals surface area contributed by atoms with Crippen LogP contribution in [0.15, 0.2) is 5.11 Å². The number of halogens is 5. The summed E-state index contributed by atoms with van der Waals surface area (Å²) in [6.45, 7) is 0. The minimum absolute atomic E-state index is 0.393. The van der Waals surface area contributed by atoms with E-state index < -0.39 is 30.3 Å². The van der Waals surface area contributed by atoms with Gasteiger partial charge in [0.05, 0.1) is 7.14 Å². The van der Waals surface area contributed by atoms with Gasteiger partial charge in [0.15, 0.2) is 17.5 Å². The minimum atomic E-state index is -1.18. The van der Waals surface area contributed by atoms with Gasteiger partial charge >= 0.3 is 0 Å². The van der Waals surface area contributed by atoms with Gasteiger partial charge in [-0.2, -0.15) is 0 Å². The molecule has 0 radical (unpaired) electrons. The molecule has 14 heavy (non-hydrogen) atoms. The van der Waals surface area contributed by atoms with Crippen molar-refractivity contribution >= 4 is 50.9 Å². The highest BCUT2D eigenvalue weighted by molar-refractivity contribution is 14.1. The summed E-state index contributed by atoms with van der Waals surface area (Å²) in [5.41, 5.74) is 7.24. The van der Waals surface area contributed by atoms with E-state index in [1.54, 1.807) is 0 Å². The number of azide groups is 1. The Morgan fingerprint density at radius 3 is 1.79 bits per heavy atom. The first-order valence-corrected chi connectivity index (χ1v) is 5.23. The molecule has 0 aromatic heterocycles. The summed E-state index contributed by atoms with van der Waals surface area (Å²) in [4.78, 5) is 2.26. The Balaban J connectivity index is 3.67. The Morgan fingerprint density at radius 1 is 1.00 bits per heavy atom. The molecule has 0 saturated heterocycles. The quantitative estimate of drug-likeness (QED) is 0.161. The smallest absolute Gasteiger partial charge is 0.155 e. The van der Waals surface area contributed by atoms with E-state index in [2.05, 4.69) is 10.0 Å². The zero-order valence-electron chi connectivity index (χ0n) is 6.23. The summed E-state index contributed by atoms with van der Waals surface area (Å²) >= 11 is 2.74. The zero-order valence-corrected chi connectivity index (χ0v) is 10.5. The second kappa shape index (κ2) is 4.53. The molecule has 8 heteroatoms. The Hall–Kier alpha value is -0.220. The predicted octanol–water partition coefficient (Wildman–Crippen LogP) is 4.25. The van der Waals surface area contributed by atoms with Crippen molar-refractivity contribution in [2.75, 3.05) is 0 Å². The molecule has 0 heterocycles. The molecule has 0 spiro atoms. The molecule has 74 valence electrons. The van der Waals surface area contributed by atoms with Crippen molar-refractivity contribution in [3.63, 3.8) is 0 Å². The molecule has 0 aliphatic rings. The van der Waals surface area contributed by atoms with E-state index in [1.165, 1.54) is 45.2 Å². The summed E-state index contributed by atoms with van der Waals surface area (Å²) in [6.07, 6.45) is 0. The molecule has 0 bridgehead atoms. The first-order valence-electron chi connectivity index (χ1n) is 3.07. The third-order valence-corrected chi connectivity index (χ3v) is 3.23. The zero-order chi connectivity index (χ0) is 10.9. The third kappa shape index (κ3) is 1.91. The fourth-order valence-electron chi connectivity index (χ4n) is 0.726. The molecule has 1 aromatic rings. The van der Waals surface area contributed by atoms with Crippen LogP contribution in [0.3, 0.4) is 0 Å². The molecule has 3 nitrogen and oxygen atoms in total. The first-order chi connectivity index (χ1) is 6.50. The molecule has 0 fully saturated rings. The Kier molecular flexibility index (Phi) is 3.84.